The van der Waals surface area contributed by atoms with Crippen molar-refractivity contribution >= 4 is 17.9 Å². The number of carbonyl (C=O) groups is 3. The summed E-state index contributed by atoms with van der Waals surface area (Å²) in [5.41, 5.74) is 0. The Labute approximate surface area is 482 Å². The molecule has 0 spiro atoms. The molecule has 0 saturated carbocycles. The average molecular weight is 1080 g/mol. The third-order valence-electron chi connectivity index (χ3n) is 13.7. The average Bonchev–Trinajstić information content (AvgIpc) is 3.44. The highest BCUT2D eigenvalue weighted by atomic mass is 16.6. The smallest absolute Gasteiger partial charge is 0.306 e. The fourth-order valence-corrected chi connectivity index (χ4v) is 8.91. The van der Waals surface area contributed by atoms with Gasteiger partial charge in [0.15, 0.2) is 6.10 Å². The van der Waals surface area contributed by atoms with Gasteiger partial charge < -0.3 is 14.2 Å². The van der Waals surface area contributed by atoms with E-state index in [1.165, 1.54) is 116 Å². The van der Waals surface area contributed by atoms with Crippen LogP contribution in [0.2, 0.25) is 0 Å². The van der Waals surface area contributed by atoms with Crippen LogP contribution in [0.15, 0.2) is 122 Å². The highest BCUT2D eigenvalue weighted by Gasteiger charge is 2.19. The summed E-state index contributed by atoms with van der Waals surface area (Å²) in [5, 5.41) is 0. The first-order chi connectivity index (χ1) is 38.5. The molecule has 0 saturated heterocycles. The largest absolute Gasteiger partial charge is 0.462 e. The molecule has 1 unspecified atom stereocenters. The third kappa shape index (κ3) is 62.7. The van der Waals surface area contributed by atoms with E-state index < -0.39 is 6.10 Å². The number of esters is 3. The molecule has 1 atom stereocenters. The topological polar surface area (TPSA) is 78.9 Å². The van der Waals surface area contributed by atoms with Crippen molar-refractivity contribution in [2.45, 2.75) is 303 Å². The molecule has 78 heavy (non-hydrogen) atoms. The van der Waals surface area contributed by atoms with Crippen LogP contribution in [0.4, 0.5) is 0 Å². The van der Waals surface area contributed by atoms with Crippen LogP contribution in [0.5, 0.6) is 0 Å². The highest BCUT2D eigenvalue weighted by Crippen LogP contribution is 2.16. The van der Waals surface area contributed by atoms with E-state index in [0.29, 0.717) is 19.3 Å². The van der Waals surface area contributed by atoms with Crippen LogP contribution in [0.25, 0.3) is 0 Å². The van der Waals surface area contributed by atoms with E-state index in [4.69, 9.17) is 14.2 Å². The molecule has 0 aromatic heterocycles. The molecule has 0 radical (unpaired) electrons. The summed E-state index contributed by atoms with van der Waals surface area (Å²) >= 11 is 0. The molecular formula is C72H120O6. The first kappa shape index (κ1) is 73.8. The standard InChI is InChI=1S/C72H120O6/c1-4-7-10-13-16-19-22-24-26-28-30-32-33-34-35-36-37-38-39-41-42-44-46-48-50-53-56-59-62-65-71(74)77-68-69(67-76-70(73)64-61-58-55-52-21-18-15-12-9-6-3)78-72(75)66-63-60-57-54-51-49-47-45-43-40-31-29-27-25-23-20-17-14-11-8-5-2/h7-8,10-11,16-17,19-20,24-27,30-32,34-35,40,45,47,69H,4-6,9,12-15,18,21-23,28-29,33,36-39,41-44,46,48-68H2,1-3H3/b10-7-,11-8-,19-16-,20-17-,26-24-,27-25-,32-30-,35-34-,40-31-,47-45-. The van der Waals surface area contributed by atoms with Crippen LogP contribution in [0.1, 0.15) is 297 Å². The van der Waals surface area contributed by atoms with Gasteiger partial charge in [-0.15, -0.1) is 0 Å². The predicted octanol–water partition coefficient (Wildman–Crippen LogP) is 22.4. The minimum absolute atomic E-state index is 0.0855. The van der Waals surface area contributed by atoms with Crippen molar-refractivity contribution in [3.63, 3.8) is 0 Å². The predicted molar refractivity (Wildman–Crippen MR) is 339 cm³/mol. The van der Waals surface area contributed by atoms with Crippen LogP contribution in [0.3, 0.4) is 0 Å². The van der Waals surface area contributed by atoms with Crippen molar-refractivity contribution in [2.24, 2.45) is 0 Å². The Morgan fingerprint density at radius 3 is 0.782 bits per heavy atom. The minimum atomic E-state index is -0.790. The van der Waals surface area contributed by atoms with Gasteiger partial charge in [0.1, 0.15) is 13.2 Å². The van der Waals surface area contributed by atoms with Crippen molar-refractivity contribution in [1.29, 1.82) is 0 Å². The first-order valence-corrected chi connectivity index (χ1v) is 32.5. The third-order valence-corrected chi connectivity index (χ3v) is 13.7. The van der Waals surface area contributed by atoms with Crippen LogP contribution in [0, 0.1) is 0 Å². The maximum absolute atomic E-state index is 12.9. The summed E-state index contributed by atoms with van der Waals surface area (Å²) in [6.45, 7) is 6.40. The molecule has 6 nitrogen and oxygen atoms in total. The zero-order valence-corrected chi connectivity index (χ0v) is 50.9. The number of hydrogen-bond acceptors (Lipinski definition) is 6. The van der Waals surface area contributed by atoms with Gasteiger partial charge in [0.25, 0.3) is 0 Å². The van der Waals surface area contributed by atoms with E-state index in [1.54, 1.807) is 0 Å². The molecule has 0 amide bonds. The van der Waals surface area contributed by atoms with Gasteiger partial charge in [-0.3, -0.25) is 14.4 Å². The van der Waals surface area contributed by atoms with Gasteiger partial charge in [-0.1, -0.05) is 290 Å². The van der Waals surface area contributed by atoms with Gasteiger partial charge in [0.2, 0.25) is 0 Å². The SMILES string of the molecule is CC/C=C\C/C=C\C/C=C\C/C=C\C/C=C\CCCCCCCCCCCCCCCC(=O)OCC(COC(=O)CCCCCCCCCCCC)OC(=O)CCCCCCC/C=C\C/C=C\C/C=C\C/C=C\C/C=C\CC. The molecule has 0 N–H and O–H groups in total. The van der Waals surface area contributed by atoms with Gasteiger partial charge in [-0.2, -0.15) is 0 Å². The Bertz CT molecular complexity index is 1620. The molecule has 444 valence electrons. The fourth-order valence-electron chi connectivity index (χ4n) is 8.91. The van der Waals surface area contributed by atoms with Crippen LogP contribution >= 0.6 is 0 Å². The second kappa shape index (κ2) is 65.3. The molecular weight excluding hydrogens is 961 g/mol. The maximum Gasteiger partial charge on any atom is 0.306 e. The molecule has 0 aliphatic heterocycles. The zero-order valence-electron chi connectivity index (χ0n) is 50.9. The lowest BCUT2D eigenvalue weighted by Gasteiger charge is -2.18. The molecule has 0 bridgehead atoms. The zero-order chi connectivity index (χ0) is 56.4. The Morgan fingerprint density at radius 1 is 0.269 bits per heavy atom. The van der Waals surface area contributed by atoms with E-state index >= 15 is 0 Å². The number of carbonyl (C=O) groups excluding carboxylic acids is 3. The van der Waals surface area contributed by atoms with Crippen molar-refractivity contribution in [1.82, 2.24) is 0 Å². The lowest BCUT2D eigenvalue weighted by atomic mass is 10.0. The molecule has 0 fully saturated rings. The number of ether oxygens (including phenoxy) is 3. The molecule has 0 aliphatic rings. The number of hydrogen-bond donors (Lipinski definition) is 0. The summed E-state index contributed by atoms with van der Waals surface area (Å²) < 4.78 is 16.9. The number of rotatable bonds is 58. The van der Waals surface area contributed by atoms with Crippen LogP contribution in [-0.2, 0) is 28.6 Å². The van der Waals surface area contributed by atoms with E-state index in [1.807, 2.05) is 0 Å². The van der Waals surface area contributed by atoms with Crippen molar-refractivity contribution in [2.75, 3.05) is 13.2 Å². The molecule has 0 heterocycles. The summed E-state index contributed by atoms with van der Waals surface area (Å²) in [6.07, 6.45) is 90.7. The Morgan fingerprint density at radius 2 is 0.500 bits per heavy atom. The monoisotopic (exact) mass is 1080 g/mol. The van der Waals surface area contributed by atoms with Crippen molar-refractivity contribution in [3.8, 4) is 0 Å². The summed E-state index contributed by atoms with van der Waals surface area (Å²) in [4.78, 5) is 38.3. The fraction of sp³-hybridized carbons (Fsp3) is 0.681. The quantitative estimate of drug-likeness (QED) is 0.0261. The molecule has 6 heteroatoms. The van der Waals surface area contributed by atoms with Gasteiger partial charge in [0.05, 0.1) is 0 Å². The van der Waals surface area contributed by atoms with Crippen LogP contribution < -0.4 is 0 Å². The summed E-state index contributed by atoms with van der Waals surface area (Å²) in [5.74, 6) is -0.901. The van der Waals surface area contributed by atoms with E-state index in [-0.39, 0.29) is 31.1 Å². The number of allylic oxidation sites excluding steroid dienone is 20. The van der Waals surface area contributed by atoms with Gasteiger partial charge in [-0.25, -0.2) is 0 Å². The van der Waals surface area contributed by atoms with E-state index in [2.05, 4.69) is 142 Å². The first-order valence-electron chi connectivity index (χ1n) is 32.5. The highest BCUT2D eigenvalue weighted by molar-refractivity contribution is 5.71. The second-order valence-electron chi connectivity index (χ2n) is 21.3. The molecule has 0 aliphatic carbocycles. The van der Waals surface area contributed by atoms with Crippen LogP contribution in [-0.4, -0.2) is 37.2 Å². The lowest BCUT2D eigenvalue weighted by molar-refractivity contribution is -0.167. The Balaban J connectivity index is 4.25. The Hall–Kier alpha value is -4.19. The summed E-state index contributed by atoms with van der Waals surface area (Å²) in [6, 6.07) is 0. The normalized spacial score (nSPS) is 12.9. The van der Waals surface area contributed by atoms with E-state index in [0.717, 1.165) is 141 Å². The van der Waals surface area contributed by atoms with Crippen molar-refractivity contribution < 1.29 is 28.6 Å². The Kier molecular flexibility index (Phi) is 61.8. The number of unbranched alkanes of at least 4 members (excludes halogenated alkanes) is 27. The molecule has 0 aromatic carbocycles. The lowest BCUT2D eigenvalue weighted by Crippen LogP contribution is -2.30. The molecule has 0 aromatic rings. The van der Waals surface area contributed by atoms with Gasteiger partial charge in [0, 0.05) is 19.3 Å². The van der Waals surface area contributed by atoms with E-state index in [9.17, 15) is 14.4 Å². The molecule has 0 rings (SSSR count). The minimum Gasteiger partial charge on any atom is -0.462 e. The second-order valence-corrected chi connectivity index (χ2v) is 21.3. The van der Waals surface area contributed by atoms with Crippen molar-refractivity contribution in [3.05, 3.63) is 122 Å². The maximum atomic E-state index is 12.9. The summed E-state index contributed by atoms with van der Waals surface area (Å²) in [7, 11) is 0. The van der Waals surface area contributed by atoms with Gasteiger partial charge >= 0.3 is 17.9 Å². The van der Waals surface area contributed by atoms with Gasteiger partial charge in [-0.05, 0) is 109 Å².